The fourth-order valence-electron chi connectivity index (χ4n) is 2.09. The van der Waals surface area contributed by atoms with Gasteiger partial charge in [0.2, 0.25) is 0 Å². The van der Waals surface area contributed by atoms with E-state index in [1.165, 1.54) is 12.1 Å². The van der Waals surface area contributed by atoms with Crippen molar-refractivity contribution in [2.45, 2.75) is 6.54 Å². The van der Waals surface area contributed by atoms with E-state index in [4.69, 9.17) is 5.73 Å². The highest BCUT2D eigenvalue weighted by Gasteiger charge is 2.00. The van der Waals surface area contributed by atoms with Crippen LogP contribution < -0.4 is 11.1 Å². The number of anilines is 2. The highest BCUT2D eigenvalue weighted by atomic mass is 19.1. The Bertz CT molecular complexity index is 756. The Hall–Kier alpha value is -2.62. The smallest absolute Gasteiger partial charge is 0.124 e. The van der Waals surface area contributed by atoms with Crippen LogP contribution in [0.4, 0.5) is 15.9 Å². The second kappa shape index (κ2) is 5.17. The third-order valence-corrected chi connectivity index (χ3v) is 3.10. The van der Waals surface area contributed by atoms with Crippen LogP contribution in [0.5, 0.6) is 0 Å². The Morgan fingerprint density at radius 2 is 1.90 bits per heavy atom. The highest BCUT2D eigenvalue weighted by Crippen LogP contribution is 2.19. The number of nitrogens with zero attached hydrogens (tertiary/aromatic N) is 1. The van der Waals surface area contributed by atoms with E-state index in [9.17, 15) is 4.39 Å². The van der Waals surface area contributed by atoms with Crippen LogP contribution in [-0.2, 0) is 6.54 Å². The van der Waals surface area contributed by atoms with Gasteiger partial charge in [-0.1, -0.05) is 18.2 Å². The van der Waals surface area contributed by atoms with Crippen LogP contribution in [0.2, 0.25) is 0 Å². The van der Waals surface area contributed by atoms with E-state index in [2.05, 4.69) is 10.3 Å². The lowest BCUT2D eigenvalue weighted by molar-refractivity contribution is 0.626. The number of aromatic nitrogens is 1. The monoisotopic (exact) mass is 267 g/mol. The first-order valence-corrected chi connectivity index (χ1v) is 6.35. The zero-order valence-corrected chi connectivity index (χ0v) is 10.8. The van der Waals surface area contributed by atoms with E-state index in [0.29, 0.717) is 12.4 Å². The van der Waals surface area contributed by atoms with Gasteiger partial charge in [0.15, 0.2) is 0 Å². The van der Waals surface area contributed by atoms with Crippen LogP contribution in [0.1, 0.15) is 5.56 Å². The second-order valence-electron chi connectivity index (χ2n) is 4.63. The lowest BCUT2D eigenvalue weighted by atomic mass is 10.2. The number of nitrogens with two attached hydrogens (primary N) is 1. The van der Waals surface area contributed by atoms with Crippen LogP contribution in [0.3, 0.4) is 0 Å². The zero-order valence-electron chi connectivity index (χ0n) is 10.8. The predicted octanol–water partition coefficient (Wildman–Crippen LogP) is 3.57. The Labute approximate surface area is 116 Å². The number of nitrogen functional groups attached to an aromatic ring is 1. The molecule has 0 amide bonds. The van der Waals surface area contributed by atoms with Crippen LogP contribution in [0.25, 0.3) is 10.9 Å². The van der Waals surface area contributed by atoms with Gasteiger partial charge in [0.05, 0.1) is 5.52 Å². The van der Waals surface area contributed by atoms with Gasteiger partial charge >= 0.3 is 0 Å². The molecule has 0 unspecified atom stereocenters. The quantitative estimate of drug-likeness (QED) is 0.762. The molecule has 0 saturated carbocycles. The molecule has 0 fully saturated rings. The van der Waals surface area contributed by atoms with Gasteiger partial charge in [0.1, 0.15) is 11.6 Å². The lowest BCUT2D eigenvalue weighted by Crippen LogP contribution is -2.00. The molecule has 3 N–H and O–H groups in total. The zero-order chi connectivity index (χ0) is 13.9. The maximum Gasteiger partial charge on any atom is 0.124 e. The molecule has 0 radical (unpaired) electrons. The van der Waals surface area contributed by atoms with Crippen molar-refractivity contribution in [2.75, 3.05) is 11.1 Å². The number of nitrogens with one attached hydrogen (secondary N) is 1. The van der Waals surface area contributed by atoms with E-state index in [1.54, 1.807) is 12.1 Å². The van der Waals surface area contributed by atoms with Gasteiger partial charge in [0, 0.05) is 17.6 Å². The SMILES string of the molecule is Nc1ccc2ccc(NCc3cccc(F)c3)cc2n1. The summed E-state index contributed by atoms with van der Waals surface area (Å²) in [6.07, 6.45) is 0. The lowest BCUT2D eigenvalue weighted by Gasteiger charge is -2.08. The molecule has 2 aromatic carbocycles. The van der Waals surface area contributed by atoms with Gasteiger partial charge in [-0.25, -0.2) is 9.37 Å². The number of pyridine rings is 1. The van der Waals surface area contributed by atoms with Crippen molar-refractivity contribution >= 4 is 22.4 Å². The Morgan fingerprint density at radius 3 is 2.75 bits per heavy atom. The van der Waals surface area contributed by atoms with Crippen LogP contribution in [0.15, 0.2) is 54.6 Å². The summed E-state index contributed by atoms with van der Waals surface area (Å²) in [5.74, 6) is 0.275. The molecule has 0 saturated heterocycles. The maximum absolute atomic E-state index is 13.1. The van der Waals surface area contributed by atoms with Crippen molar-refractivity contribution in [2.24, 2.45) is 0 Å². The molecular weight excluding hydrogens is 253 g/mol. The molecule has 0 aliphatic rings. The van der Waals surface area contributed by atoms with E-state index < -0.39 is 0 Å². The molecule has 0 bridgehead atoms. The number of hydrogen-bond donors (Lipinski definition) is 2. The molecule has 0 atom stereocenters. The minimum Gasteiger partial charge on any atom is -0.384 e. The topological polar surface area (TPSA) is 50.9 Å². The van der Waals surface area contributed by atoms with Crippen molar-refractivity contribution in [1.82, 2.24) is 4.98 Å². The molecule has 4 heteroatoms. The Morgan fingerprint density at radius 1 is 1.05 bits per heavy atom. The third kappa shape index (κ3) is 2.69. The molecule has 3 rings (SSSR count). The first-order chi connectivity index (χ1) is 9.70. The largest absolute Gasteiger partial charge is 0.384 e. The number of fused-ring (bicyclic) bond motifs is 1. The van der Waals surface area contributed by atoms with E-state index in [0.717, 1.165) is 22.2 Å². The molecular formula is C16H14FN3. The number of hydrogen-bond acceptors (Lipinski definition) is 3. The fraction of sp³-hybridized carbons (Fsp3) is 0.0625. The van der Waals surface area contributed by atoms with E-state index >= 15 is 0 Å². The van der Waals surface area contributed by atoms with Crippen molar-refractivity contribution in [1.29, 1.82) is 0 Å². The maximum atomic E-state index is 13.1. The minimum atomic E-state index is -0.225. The molecule has 20 heavy (non-hydrogen) atoms. The summed E-state index contributed by atoms with van der Waals surface area (Å²) in [6.45, 7) is 0.561. The van der Waals surface area contributed by atoms with Crippen LogP contribution in [0, 0.1) is 5.82 Å². The van der Waals surface area contributed by atoms with Crippen LogP contribution in [-0.4, -0.2) is 4.98 Å². The summed E-state index contributed by atoms with van der Waals surface area (Å²) in [4.78, 5) is 4.28. The molecule has 1 aromatic heterocycles. The summed E-state index contributed by atoms with van der Waals surface area (Å²) in [6, 6.07) is 16.1. The minimum absolute atomic E-state index is 0.225. The summed E-state index contributed by atoms with van der Waals surface area (Å²) in [7, 11) is 0. The molecule has 3 aromatic rings. The summed E-state index contributed by atoms with van der Waals surface area (Å²) < 4.78 is 13.1. The normalized spacial score (nSPS) is 10.7. The van der Waals surface area contributed by atoms with Gasteiger partial charge in [-0.2, -0.15) is 0 Å². The van der Waals surface area contributed by atoms with Crippen molar-refractivity contribution < 1.29 is 4.39 Å². The van der Waals surface area contributed by atoms with Crippen LogP contribution >= 0.6 is 0 Å². The Kier molecular flexibility index (Phi) is 3.21. The van der Waals surface area contributed by atoms with Crippen molar-refractivity contribution in [3.8, 4) is 0 Å². The van der Waals surface area contributed by atoms with Gasteiger partial charge in [-0.15, -0.1) is 0 Å². The Balaban J connectivity index is 1.80. The second-order valence-corrected chi connectivity index (χ2v) is 4.63. The molecule has 1 heterocycles. The standard InChI is InChI=1S/C16H14FN3/c17-13-3-1-2-11(8-13)10-19-14-6-4-12-5-7-16(18)20-15(12)9-14/h1-9,19H,10H2,(H2,18,20). The molecule has 3 nitrogen and oxygen atoms in total. The van der Waals surface area contributed by atoms with E-state index in [1.807, 2.05) is 30.3 Å². The predicted molar refractivity (Wildman–Crippen MR) is 79.9 cm³/mol. The molecule has 0 spiro atoms. The summed E-state index contributed by atoms with van der Waals surface area (Å²) >= 11 is 0. The fourth-order valence-corrected chi connectivity index (χ4v) is 2.09. The third-order valence-electron chi connectivity index (χ3n) is 3.10. The van der Waals surface area contributed by atoms with Crippen molar-refractivity contribution in [3.63, 3.8) is 0 Å². The molecule has 100 valence electrons. The molecule has 0 aliphatic heterocycles. The van der Waals surface area contributed by atoms with E-state index in [-0.39, 0.29) is 5.82 Å². The summed E-state index contributed by atoms with van der Waals surface area (Å²) in [5.41, 5.74) is 8.35. The molecule has 0 aliphatic carbocycles. The number of halogens is 1. The summed E-state index contributed by atoms with van der Waals surface area (Å²) in [5, 5.41) is 4.29. The first kappa shape index (κ1) is 12.4. The number of rotatable bonds is 3. The van der Waals surface area contributed by atoms with Crippen molar-refractivity contribution in [3.05, 3.63) is 66.0 Å². The van der Waals surface area contributed by atoms with Gasteiger partial charge in [-0.3, -0.25) is 0 Å². The average Bonchev–Trinajstić information content (AvgIpc) is 2.45. The highest BCUT2D eigenvalue weighted by molar-refractivity contribution is 5.83. The average molecular weight is 267 g/mol. The van der Waals surface area contributed by atoms with Gasteiger partial charge in [-0.05, 0) is 42.0 Å². The number of benzene rings is 2. The van der Waals surface area contributed by atoms with Gasteiger partial charge < -0.3 is 11.1 Å². The first-order valence-electron chi connectivity index (χ1n) is 6.35. The van der Waals surface area contributed by atoms with Gasteiger partial charge in [0.25, 0.3) is 0 Å².